The maximum absolute atomic E-state index is 13.4. The molecule has 3 rings (SSSR count). The zero-order chi connectivity index (χ0) is 16.2. The fourth-order valence-electron chi connectivity index (χ4n) is 2.23. The minimum absolute atomic E-state index is 0.143. The Bertz CT molecular complexity index is 838. The Kier molecular flexibility index (Phi) is 4.32. The minimum Gasteiger partial charge on any atom is -0.476 e. The van der Waals surface area contributed by atoms with Crippen LogP contribution in [0.1, 0.15) is 19.8 Å². The highest BCUT2D eigenvalue weighted by Gasteiger charge is 2.11. The maximum Gasteiger partial charge on any atom is 0.245 e. The molecule has 3 aromatic rings. The summed E-state index contributed by atoms with van der Waals surface area (Å²) in [5.41, 5.74) is 8.16. The number of benzene rings is 1. The van der Waals surface area contributed by atoms with Crippen LogP contribution in [0.5, 0.6) is 5.88 Å². The van der Waals surface area contributed by atoms with Gasteiger partial charge in [-0.25, -0.2) is 14.4 Å². The molecule has 1 aromatic carbocycles. The number of hydrogen-bond acceptors (Lipinski definition) is 5. The van der Waals surface area contributed by atoms with Crippen LogP contribution < -0.4 is 10.5 Å². The summed E-state index contributed by atoms with van der Waals surface area (Å²) in [7, 11) is 0. The molecule has 0 bridgehead atoms. The van der Waals surface area contributed by atoms with E-state index in [9.17, 15) is 4.39 Å². The first-order valence-electron chi connectivity index (χ1n) is 7.50. The highest BCUT2D eigenvalue weighted by molar-refractivity contribution is 5.83. The normalized spacial score (nSPS) is 10.9. The predicted octanol–water partition coefficient (Wildman–Crippen LogP) is 3.59. The average Bonchev–Trinajstić information content (AvgIpc) is 2.54. The minimum atomic E-state index is -0.308. The van der Waals surface area contributed by atoms with Gasteiger partial charge in [0.05, 0.1) is 17.8 Å². The Balaban J connectivity index is 2.06. The third-order valence-corrected chi connectivity index (χ3v) is 3.38. The van der Waals surface area contributed by atoms with Gasteiger partial charge in [-0.15, -0.1) is 0 Å². The van der Waals surface area contributed by atoms with Gasteiger partial charge in [-0.1, -0.05) is 25.5 Å². The summed E-state index contributed by atoms with van der Waals surface area (Å²) in [4.78, 5) is 12.8. The molecule has 0 saturated carbocycles. The average molecular weight is 312 g/mol. The molecule has 0 atom stereocenters. The lowest BCUT2D eigenvalue weighted by atomic mass is 10.1. The van der Waals surface area contributed by atoms with Crippen molar-refractivity contribution in [3.8, 4) is 17.1 Å². The summed E-state index contributed by atoms with van der Waals surface area (Å²) in [6.45, 7) is 2.62. The summed E-state index contributed by atoms with van der Waals surface area (Å²) in [6, 6.07) is 9.84. The van der Waals surface area contributed by atoms with Gasteiger partial charge >= 0.3 is 0 Å². The summed E-state index contributed by atoms with van der Waals surface area (Å²) in [6.07, 6.45) is 1.93. The number of rotatable bonds is 5. The zero-order valence-corrected chi connectivity index (χ0v) is 12.8. The number of nitrogens with two attached hydrogens (primary N) is 1. The van der Waals surface area contributed by atoms with Crippen molar-refractivity contribution < 1.29 is 9.13 Å². The number of nitrogens with zero attached hydrogens (tertiary/aromatic N) is 3. The quantitative estimate of drug-likeness (QED) is 0.729. The molecule has 0 aliphatic heterocycles. The molecular formula is C17H17FN4O. The van der Waals surface area contributed by atoms with Crippen molar-refractivity contribution in [3.05, 3.63) is 42.2 Å². The molecule has 0 unspecified atom stereocenters. The van der Waals surface area contributed by atoms with E-state index in [-0.39, 0.29) is 11.8 Å². The van der Waals surface area contributed by atoms with Crippen molar-refractivity contribution >= 4 is 17.0 Å². The number of ether oxygens (including phenoxy) is 1. The van der Waals surface area contributed by atoms with E-state index in [2.05, 4.69) is 21.9 Å². The second kappa shape index (κ2) is 6.56. The van der Waals surface area contributed by atoms with Crippen molar-refractivity contribution in [2.24, 2.45) is 0 Å². The molecule has 6 heteroatoms. The van der Waals surface area contributed by atoms with Gasteiger partial charge in [0.25, 0.3) is 0 Å². The Morgan fingerprint density at radius 1 is 1.13 bits per heavy atom. The van der Waals surface area contributed by atoms with E-state index in [4.69, 9.17) is 10.5 Å². The number of anilines is 1. The Morgan fingerprint density at radius 3 is 2.78 bits per heavy atom. The Hall–Kier alpha value is -2.76. The van der Waals surface area contributed by atoms with E-state index < -0.39 is 0 Å². The number of aromatic nitrogens is 3. The second-order valence-electron chi connectivity index (χ2n) is 5.16. The summed E-state index contributed by atoms with van der Waals surface area (Å²) >= 11 is 0. The van der Waals surface area contributed by atoms with Gasteiger partial charge in [0, 0.05) is 5.56 Å². The molecule has 118 valence electrons. The van der Waals surface area contributed by atoms with E-state index in [1.807, 2.05) is 0 Å². The fourth-order valence-corrected chi connectivity index (χ4v) is 2.23. The number of fused-ring (bicyclic) bond motifs is 1. The van der Waals surface area contributed by atoms with Gasteiger partial charge in [0.15, 0.2) is 5.52 Å². The van der Waals surface area contributed by atoms with Crippen LogP contribution in [0.4, 0.5) is 10.3 Å². The van der Waals surface area contributed by atoms with E-state index in [0.29, 0.717) is 34.8 Å². The van der Waals surface area contributed by atoms with E-state index in [1.54, 1.807) is 24.3 Å². The first-order valence-corrected chi connectivity index (χ1v) is 7.50. The smallest absolute Gasteiger partial charge is 0.245 e. The number of pyridine rings is 1. The molecule has 5 nitrogen and oxygen atoms in total. The molecule has 0 amide bonds. The van der Waals surface area contributed by atoms with Crippen LogP contribution in [0.3, 0.4) is 0 Å². The molecule has 2 aromatic heterocycles. The molecule has 0 aliphatic carbocycles. The van der Waals surface area contributed by atoms with Crippen molar-refractivity contribution in [2.75, 3.05) is 12.3 Å². The lowest BCUT2D eigenvalue weighted by Crippen LogP contribution is -2.04. The van der Waals surface area contributed by atoms with Crippen LogP contribution in [0.15, 0.2) is 36.4 Å². The third-order valence-electron chi connectivity index (χ3n) is 3.38. The topological polar surface area (TPSA) is 73.9 Å². The van der Waals surface area contributed by atoms with Crippen molar-refractivity contribution in [2.45, 2.75) is 19.8 Å². The fraction of sp³-hybridized carbons (Fsp3) is 0.235. The predicted molar refractivity (Wildman–Crippen MR) is 87.5 cm³/mol. The number of nitrogen functional groups attached to an aromatic ring is 1. The van der Waals surface area contributed by atoms with Gasteiger partial charge in [-0.2, -0.15) is 4.98 Å². The Morgan fingerprint density at radius 2 is 2.00 bits per heavy atom. The number of halogens is 1. The standard InChI is InChI=1S/C17H17FN4O/c1-2-3-9-23-16-15-14(21-17(19)22-16)8-7-13(20-15)11-5-4-6-12(18)10-11/h4-8,10H,2-3,9H2,1H3,(H2,19,21,22). The SMILES string of the molecule is CCCCOc1nc(N)nc2ccc(-c3cccc(F)c3)nc12. The van der Waals surface area contributed by atoms with Crippen LogP contribution in [0.25, 0.3) is 22.3 Å². The lowest BCUT2D eigenvalue weighted by molar-refractivity contribution is 0.301. The van der Waals surface area contributed by atoms with Crippen LogP contribution in [-0.2, 0) is 0 Å². The summed E-state index contributed by atoms with van der Waals surface area (Å²) in [5, 5.41) is 0. The van der Waals surface area contributed by atoms with E-state index in [0.717, 1.165) is 12.8 Å². The van der Waals surface area contributed by atoms with Crippen molar-refractivity contribution in [1.29, 1.82) is 0 Å². The highest BCUT2D eigenvalue weighted by atomic mass is 19.1. The van der Waals surface area contributed by atoms with E-state index in [1.165, 1.54) is 12.1 Å². The maximum atomic E-state index is 13.4. The van der Waals surface area contributed by atoms with Crippen LogP contribution >= 0.6 is 0 Å². The van der Waals surface area contributed by atoms with Crippen molar-refractivity contribution in [1.82, 2.24) is 15.0 Å². The van der Waals surface area contributed by atoms with Crippen molar-refractivity contribution in [3.63, 3.8) is 0 Å². The zero-order valence-electron chi connectivity index (χ0n) is 12.8. The molecule has 0 saturated heterocycles. The summed E-state index contributed by atoms with van der Waals surface area (Å²) < 4.78 is 19.1. The molecule has 23 heavy (non-hydrogen) atoms. The molecule has 0 radical (unpaired) electrons. The molecule has 0 spiro atoms. The summed E-state index contributed by atoms with van der Waals surface area (Å²) in [5.74, 6) is 0.195. The second-order valence-corrected chi connectivity index (χ2v) is 5.16. The largest absolute Gasteiger partial charge is 0.476 e. The van der Waals surface area contributed by atoms with Crippen LogP contribution in [-0.4, -0.2) is 21.6 Å². The first-order chi connectivity index (χ1) is 11.2. The number of unbranched alkanes of at least 4 members (excludes halogenated alkanes) is 1. The van der Waals surface area contributed by atoms with Gasteiger partial charge in [0.1, 0.15) is 5.82 Å². The third kappa shape index (κ3) is 3.36. The van der Waals surface area contributed by atoms with Gasteiger partial charge in [-0.05, 0) is 30.7 Å². The molecular weight excluding hydrogens is 295 g/mol. The monoisotopic (exact) mass is 312 g/mol. The molecule has 2 N–H and O–H groups in total. The van der Waals surface area contributed by atoms with E-state index >= 15 is 0 Å². The Labute approximate surface area is 133 Å². The first kappa shape index (κ1) is 15.1. The highest BCUT2D eigenvalue weighted by Crippen LogP contribution is 2.26. The molecule has 0 fully saturated rings. The van der Waals surface area contributed by atoms with Gasteiger partial charge < -0.3 is 10.5 Å². The van der Waals surface area contributed by atoms with Gasteiger partial charge in [0.2, 0.25) is 11.8 Å². The van der Waals surface area contributed by atoms with Crippen LogP contribution in [0, 0.1) is 5.82 Å². The van der Waals surface area contributed by atoms with Gasteiger partial charge in [-0.3, -0.25) is 0 Å². The number of hydrogen-bond donors (Lipinski definition) is 1. The lowest BCUT2D eigenvalue weighted by Gasteiger charge is -2.09. The molecule has 0 aliphatic rings. The molecule has 2 heterocycles. The van der Waals surface area contributed by atoms with Crippen LogP contribution in [0.2, 0.25) is 0 Å².